The van der Waals surface area contributed by atoms with Crippen LogP contribution in [0.5, 0.6) is 0 Å². The van der Waals surface area contributed by atoms with Crippen molar-refractivity contribution >= 4 is 22.9 Å². The highest BCUT2D eigenvalue weighted by Crippen LogP contribution is 2.27. The smallest absolute Gasteiger partial charge is 0.224 e. The maximum absolute atomic E-state index is 5.86. The molecule has 0 bridgehead atoms. The normalized spacial score (nSPS) is 23.5. The minimum absolute atomic E-state index is 0.162. The minimum Gasteiger partial charge on any atom is -0.372 e. The molecule has 108 valence electrons. The molecule has 0 unspecified atom stereocenters. The molecule has 0 aliphatic carbocycles. The molecule has 2 atom stereocenters. The number of imidazole rings is 1. The average molecular weight is 276 g/mol. The number of hydrogen-bond donors (Lipinski definition) is 1. The molecule has 7 nitrogen and oxygen atoms in total. The molecule has 0 amide bonds. The van der Waals surface area contributed by atoms with Crippen LogP contribution in [0.3, 0.4) is 0 Å². The Bertz CT molecular complexity index is 642. The number of anilines is 2. The summed E-state index contributed by atoms with van der Waals surface area (Å²) >= 11 is 0. The van der Waals surface area contributed by atoms with Crippen molar-refractivity contribution in [1.29, 1.82) is 0 Å². The summed E-state index contributed by atoms with van der Waals surface area (Å²) in [5.74, 6) is 1.98. The van der Waals surface area contributed by atoms with Gasteiger partial charge in [-0.3, -0.25) is 0 Å². The maximum atomic E-state index is 5.86. The highest BCUT2D eigenvalue weighted by Gasteiger charge is 2.26. The predicted molar refractivity (Wildman–Crippen MR) is 77.7 cm³/mol. The Kier molecular flexibility index (Phi) is 3.01. The average Bonchev–Trinajstić information content (AvgIpc) is 2.64. The van der Waals surface area contributed by atoms with Gasteiger partial charge < -0.3 is 19.9 Å². The molecular weight excluding hydrogens is 256 g/mol. The molecule has 0 spiro atoms. The van der Waals surface area contributed by atoms with Crippen LogP contribution in [-0.2, 0) is 11.8 Å². The van der Waals surface area contributed by atoms with Crippen LogP contribution < -0.4 is 10.6 Å². The third-order valence-electron chi connectivity index (χ3n) is 3.66. The fraction of sp³-hybridized carbons (Fsp3) is 0.615. The molecule has 7 heteroatoms. The van der Waals surface area contributed by atoms with Crippen molar-refractivity contribution in [2.75, 3.05) is 23.7 Å². The molecule has 3 rings (SSSR count). The number of rotatable bonds is 1. The Hall–Kier alpha value is -1.89. The molecule has 0 radical (unpaired) electrons. The zero-order chi connectivity index (χ0) is 14.4. The fourth-order valence-electron chi connectivity index (χ4n) is 2.74. The molecule has 1 saturated heterocycles. The van der Waals surface area contributed by atoms with E-state index in [1.165, 1.54) is 0 Å². The quantitative estimate of drug-likeness (QED) is 0.832. The van der Waals surface area contributed by atoms with Crippen molar-refractivity contribution < 1.29 is 4.74 Å². The first-order valence-corrected chi connectivity index (χ1v) is 6.82. The van der Waals surface area contributed by atoms with Crippen LogP contribution in [-0.4, -0.2) is 44.8 Å². The predicted octanol–water partition coefficient (Wildman–Crippen LogP) is 0.868. The van der Waals surface area contributed by atoms with E-state index in [1.807, 2.05) is 18.5 Å². The summed E-state index contributed by atoms with van der Waals surface area (Å²) in [5, 5.41) is 0. The lowest BCUT2D eigenvalue weighted by Gasteiger charge is -2.36. The molecule has 0 saturated carbocycles. The molecular formula is C13H20N6O. The van der Waals surface area contributed by atoms with E-state index in [9.17, 15) is 0 Å². The van der Waals surface area contributed by atoms with Crippen LogP contribution in [0.15, 0.2) is 0 Å². The van der Waals surface area contributed by atoms with E-state index in [0.717, 1.165) is 35.9 Å². The Morgan fingerprint density at radius 2 is 1.80 bits per heavy atom. The van der Waals surface area contributed by atoms with E-state index in [0.29, 0.717) is 0 Å². The van der Waals surface area contributed by atoms with Gasteiger partial charge in [-0.05, 0) is 20.8 Å². The van der Waals surface area contributed by atoms with Crippen LogP contribution in [0.2, 0.25) is 0 Å². The SMILES string of the molecule is Cc1nc2c(N3C[C@H](C)O[C@@H](C)C3)nc(N)nc2n1C. The second kappa shape index (κ2) is 4.59. The number of morpholine rings is 1. The maximum Gasteiger partial charge on any atom is 0.224 e. The lowest BCUT2D eigenvalue weighted by Crippen LogP contribution is -2.46. The monoisotopic (exact) mass is 276 g/mol. The van der Waals surface area contributed by atoms with Crippen LogP contribution in [0, 0.1) is 6.92 Å². The van der Waals surface area contributed by atoms with Crippen molar-refractivity contribution in [2.24, 2.45) is 7.05 Å². The summed E-state index contributed by atoms with van der Waals surface area (Å²) in [5.41, 5.74) is 7.44. The van der Waals surface area contributed by atoms with Gasteiger partial charge >= 0.3 is 0 Å². The van der Waals surface area contributed by atoms with E-state index in [1.54, 1.807) is 0 Å². The van der Waals surface area contributed by atoms with E-state index in [2.05, 4.69) is 33.7 Å². The molecule has 1 aliphatic rings. The lowest BCUT2D eigenvalue weighted by molar-refractivity contribution is -0.00537. The molecule has 3 heterocycles. The Morgan fingerprint density at radius 1 is 1.15 bits per heavy atom. The van der Waals surface area contributed by atoms with Crippen LogP contribution >= 0.6 is 0 Å². The van der Waals surface area contributed by atoms with Gasteiger partial charge in [0.2, 0.25) is 5.95 Å². The Balaban J connectivity index is 2.13. The second-order valence-electron chi connectivity index (χ2n) is 5.46. The number of hydrogen-bond acceptors (Lipinski definition) is 6. The number of ether oxygens (including phenoxy) is 1. The van der Waals surface area contributed by atoms with Gasteiger partial charge in [0, 0.05) is 20.1 Å². The van der Waals surface area contributed by atoms with E-state index < -0.39 is 0 Å². The van der Waals surface area contributed by atoms with E-state index in [-0.39, 0.29) is 18.2 Å². The van der Waals surface area contributed by atoms with Gasteiger partial charge in [0.25, 0.3) is 0 Å². The number of fused-ring (bicyclic) bond motifs is 1. The van der Waals surface area contributed by atoms with Gasteiger partial charge in [-0.25, -0.2) is 4.98 Å². The third kappa shape index (κ3) is 2.07. The molecule has 20 heavy (non-hydrogen) atoms. The van der Waals surface area contributed by atoms with Gasteiger partial charge in [0.05, 0.1) is 12.2 Å². The summed E-state index contributed by atoms with van der Waals surface area (Å²) in [7, 11) is 1.94. The fourth-order valence-corrected chi connectivity index (χ4v) is 2.74. The van der Waals surface area contributed by atoms with Crippen LogP contribution in [0.1, 0.15) is 19.7 Å². The van der Waals surface area contributed by atoms with Crippen molar-refractivity contribution in [3.63, 3.8) is 0 Å². The Labute approximate surface area is 117 Å². The van der Waals surface area contributed by atoms with Gasteiger partial charge in [-0.15, -0.1) is 0 Å². The zero-order valence-electron chi connectivity index (χ0n) is 12.3. The number of aromatic nitrogens is 4. The first kappa shape index (κ1) is 13.1. The number of aryl methyl sites for hydroxylation is 2. The summed E-state index contributed by atoms with van der Waals surface area (Å²) in [6, 6.07) is 0. The molecule has 1 aliphatic heterocycles. The molecule has 2 aromatic heterocycles. The van der Waals surface area contributed by atoms with Crippen LogP contribution in [0.4, 0.5) is 11.8 Å². The van der Waals surface area contributed by atoms with Gasteiger partial charge in [-0.1, -0.05) is 0 Å². The van der Waals surface area contributed by atoms with Crippen molar-refractivity contribution in [1.82, 2.24) is 19.5 Å². The summed E-state index contributed by atoms with van der Waals surface area (Å²) < 4.78 is 7.70. The topological polar surface area (TPSA) is 82.1 Å². The standard InChI is InChI=1S/C13H20N6O/c1-7-5-19(6-8(2)20-7)12-10-11(16-13(14)17-12)18(4)9(3)15-10/h7-8H,5-6H2,1-4H3,(H2,14,16,17)/t7-,8-/m0/s1. The largest absolute Gasteiger partial charge is 0.372 e. The molecule has 0 aromatic carbocycles. The van der Waals surface area contributed by atoms with Gasteiger partial charge in [0.1, 0.15) is 5.82 Å². The number of nitrogens with zero attached hydrogens (tertiary/aromatic N) is 5. The zero-order valence-corrected chi connectivity index (χ0v) is 12.3. The highest BCUT2D eigenvalue weighted by atomic mass is 16.5. The van der Waals surface area contributed by atoms with Crippen molar-refractivity contribution in [3.8, 4) is 0 Å². The Morgan fingerprint density at radius 3 is 2.45 bits per heavy atom. The first-order chi connectivity index (χ1) is 9.45. The van der Waals surface area contributed by atoms with Gasteiger partial charge in [-0.2, -0.15) is 9.97 Å². The molecule has 2 N–H and O–H groups in total. The molecule has 1 fully saturated rings. The van der Waals surface area contributed by atoms with Crippen LogP contribution in [0.25, 0.3) is 11.2 Å². The highest BCUT2D eigenvalue weighted by molar-refractivity contribution is 5.85. The first-order valence-electron chi connectivity index (χ1n) is 6.82. The van der Waals surface area contributed by atoms with Crippen molar-refractivity contribution in [3.05, 3.63) is 5.82 Å². The second-order valence-corrected chi connectivity index (χ2v) is 5.46. The summed E-state index contributed by atoms with van der Waals surface area (Å²) in [4.78, 5) is 15.5. The summed E-state index contributed by atoms with van der Waals surface area (Å²) in [6.45, 7) is 7.64. The van der Waals surface area contributed by atoms with E-state index in [4.69, 9.17) is 10.5 Å². The van der Waals surface area contributed by atoms with Crippen molar-refractivity contribution in [2.45, 2.75) is 33.0 Å². The minimum atomic E-state index is 0.162. The van der Waals surface area contributed by atoms with E-state index >= 15 is 0 Å². The number of nitrogens with two attached hydrogens (primary N) is 1. The third-order valence-corrected chi connectivity index (χ3v) is 3.66. The summed E-state index contributed by atoms with van der Waals surface area (Å²) in [6.07, 6.45) is 0.324. The van der Waals surface area contributed by atoms with Gasteiger partial charge in [0.15, 0.2) is 17.0 Å². The number of nitrogen functional groups attached to an aromatic ring is 1. The lowest BCUT2D eigenvalue weighted by atomic mass is 10.2. The molecule has 2 aromatic rings.